The summed E-state index contributed by atoms with van der Waals surface area (Å²) in [6, 6.07) is 6.45. The number of nitro groups is 1. The normalized spacial score (nSPS) is 13.0. The highest BCUT2D eigenvalue weighted by Crippen LogP contribution is 2.25. The highest BCUT2D eigenvalue weighted by atomic mass is 79.9. The summed E-state index contributed by atoms with van der Waals surface area (Å²) in [6.45, 7) is 2.08. The van der Waals surface area contributed by atoms with Gasteiger partial charge in [0.1, 0.15) is 0 Å². The third kappa shape index (κ3) is 3.20. The van der Waals surface area contributed by atoms with E-state index in [1.165, 1.54) is 12.1 Å². The number of nitro benzene ring substituents is 1. The van der Waals surface area contributed by atoms with Crippen molar-refractivity contribution in [2.24, 2.45) is 5.10 Å². The van der Waals surface area contributed by atoms with Crippen LogP contribution in [0.5, 0.6) is 0 Å². The van der Waals surface area contributed by atoms with E-state index in [9.17, 15) is 10.1 Å². The van der Waals surface area contributed by atoms with Crippen LogP contribution in [0.2, 0.25) is 0 Å². The van der Waals surface area contributed by atoms with Gasteiger partial charge in [0.2, 0.25) is 5.16 Å². The molecule has 0 saturated carbocycles. The molecule has 0 aliphatic carbocycles. The van der Waals surface area contributed by atoms with Crippen molar-refractivity contribution in [2.45, 2.75) is 24.9 Å². The zero-order valence-electron chi connectivity index (χ0n) is 11.8. The Balaban J connectivity index is 0.00000176. The van der Waals surface area contributed by atoms with Crippen LogP contribution in [-0.4, -0.2) is 31.3 Å². The molecule has 2 heterocycles. The minimum atomic E-state index is -0.404. The summed E-state index contributed by atoms with van der Waals surface area (Å²) in [5, 5.41) is 24.3. The molecule has 0 radical (unpaired) electrons. The third-order valence-corrected chi connectivity index (χ3v) is 4.05. The van der Waals surface area contributed by atoms with Crippen molar-refractivity contribution in [3.63, 3.8) is 0 Å². The van der Waals surface area contributed by atoms with Crippen LogP contribution in [0.15, 0.2) is 34.5 Å². The van der Waals surface area contributed by atoms with Gasteiger partial charge < -0.3 is 17.0 Å². The Hall–Kier alpha value is -1.74. The average Bonchev–Trinajstić information content (AvgIpc) is 2.90. The topological polar surface area (TPSA) is 86.2 Å². The Kier molecular flexibility index (Phi) is 5.30. The van der Waals surface area contributed by atoms with Crippen molar-refractivity contribution < 1.29 is 21.9 Å². The zero-order valence-corrected chi connectivity index (χ0v) is 14.2. The van der Waals surface area contributed by atoms with Gasteiger partial charge in [-0.1, -0.05) is 18.7 Å². The number of thioether (sulfide) groups is 1. The summed E-state index contributed by atoms with van der Waals surface area (Å²) in [4.78, 5) is 10.3. The minimum absolute atomic E-state index is 0. The Bertz CT molecular complexity index is 714. The van der Waals surface area contributed by atoms with Crippen LogP contribution < -0.4 is 17.0 Å². The first-order valence-electron chi connectivity index (χ1n) is 6.59. The van der Waals surface area contributed by atoms with E-state index in [-0.39, 0.29) is 22.7 Å². The summed E-state index contributed by atoms with van der Waals surface area (Å²) in [6.07, 6.45) is 1.80. The average molecular weight is 383 g/mol. The van der Waals surface area contributed by atoms with Crippen molar-refractivity contribution in [3.8, 4) is 0 Å². The Morgan fingerprint density at radius 3 is 2.68 bits per heavy atom. The van der Waals surface area contributed by atoms with Gasteiger partial charge in [-0.2, -0.15) is 9.78 Å². The maximum Gasteiger partial charge on any atom is 0.269 e. The largest absolute Gasteiger partial charge is 1.00 e. The van der Waals surface area contributed by atoms with Crippen LogP contribution in [-0.2, 0) is 6.42 Å². The van der Waals surface area contributed by atoms with Gasteiger partial charge in [0.05, 0.1) is 10.6 Å². The maximum atomic E-state index is 10.7. The number of aryl methyl sites for hydroxylation is 1. The third-order valence-electron chi connectivity index (χ3n) is 3.12. The van der Waals surface area contributed by atoms with Gasteiger partial charge in [-0.3, -0.25) is 10.1 Å². The molecule has 7 nitrogen and oxygen atoms in total. The number of halogens is 1. The number of benzene rings is 1. The van der Waals surface area contributed by atoms with Crippen molar-refractivity contribution in [1.82, 2.24) is 14.9 Å². The van der Waals surface area contributed by atoms with E-state index in [1.54, 1.807) is 28.6 Å². The second kappa shape index (κ2) is 7.01. The second-order valence-electron chi connectivity index (χ2n) is 4.60. The van der Waals surface area contributed by atoms with Gasteiger partial charge in [0, 0.05) is 24.3 Å². The van der Waals surface area contributed by atoms with E-state index in [2.05, 4.69) is 22.2 Å². The SMILES string of the molecule is CCCc1nnc2n1N=C(c1ccc([N+](=O)[O-])cc1)CS2.[Br-]. The Morgan fingerprint density at radius 2 is 2.05 bits per heavy atom. The van der Waals surface area contributed by atoms with E-state index < -0.39 is 4.92 Å². The molecule has 1 aliphatic heterocycles. The molecule has 9 heteroatoms. The van der Waals surface area contributed by atoms with Gasteiger partial charge in [0.25, 0.3) is 5.69 Å². The molecule has 1 aromatic heterocycles. The maximum absolute atomic E-state index is 10.7. The lowest BCUT2D eigenvalue weighted by molar-refractivity contribution is -0.384. The number of non-ortho nitro benzene ring substituents is 1. The number of fused-ring (bicyclic) bond motifs is 1. The molecule has 0 unspecified atom stereocenters. The number of nitrogens with zero attached hydrogens (tertiary/aromatic N) is 5. The predicted molar refractivity (Wildman–Crippen MR) is 79.8 cm³/mol. The molecule has 22 heavy (non-hydrogen) atoms. The highest BCUT2D eigenvalue weighted by Gasteiger charge is 2.19. The van der Waals surface area contributed by atoms with Gasteiger partial charge >= 0.3 is 0 Å². The lowest BCUT2D eigenvalue weighted by Crippen LogP contribution is -3.00. The minimum Gasteiger partial charge on any atom is -1.00 e. The molecule has 0 fully saturated rings. The van der Waals surface area contributed by atoms with Crippen LogP contribution in [0.1, 0.15) is 24.7 Å². The molecule has 1 aliphatic rings. The van der Waals surface area contributed by atoms with Crippen LogP contribution in [0.4, 0.5) is 5.69 Å². The van der Waals surface area contributed by atoms with E-state index in [0.717, 1.165) is 35.1 Å². The van der Waals surface area contributed by atoms with Crippen LogP contribution in [0.3, 0.4) is 0 Å². The number of hydrogen-bond acceptors (Lipinski definition) is 6. The van der Waals surface area contributed by atoms with E-state index in [0.29, 0.717) is 5.75 Å². The lowest BCUT2D eigenvalue weighted by Gasteiger charge is -2.13. The molecule has 3 rings (SSSR count). The molecule has 0 N–H and O–H groups in total. The van der Waals surface area contributed by atoms with Gasteiger partial charge in [-0.05, 0) is 24.1 Å². The van der Waals surface area contributed by atoms with E-state index in [4.69, 9.17) is 0 Å². The number of hydrogen-bond donors (Lipinski definition) is 0. The Morgan fingerprint density at radius 1 is 1.32 bits per heavy atom. The van der Waals surface area contributed by atoms with E-state index in [1.807, 2.05) is 0 Å². The van der Waals surface area contributed by atoms with Crippen molar-refractivity contribution >= 4 is 23.2 Å². The first-order valence-corrected chi connectivity index (χ1v) is 7.57. The fourth-order valence-corrected chi connectivity index (χ4v) is 2.92. The van der Waals surface area contributed by atoms with Gasteiger partial charge in [0.15, 0.2) is 5.82 Å². The molecule has 0 bridgehead atoms. The fraction of sp³-hybridized carbons (Fsp3) is 0.308. The quantitative estimate of drug-likeness (QED) is 0.525. The molecular weight excluding hydrogens is 370 g/mol. The number of rotatable bonds is 4. The molecule has 2 aromatic rings. The highest BCUT2D eigenvalue weighted by molar-refractivity contribution is 7.99. The fourth-order valence-electron chi connectivity index (χ4n) is 2.06. The molecule has 0 atom stereocenters. The predicted octanol–water partition coefficient (Wildman–Crippen LogP) is -0.499. The monoisotopic (exact) mass is 382 g/mol. The van der Waals surface area contributed by atoms with Crippen molar-refractivity contribution in [3.05, 3.63) is 45.8 Å². The first kappa shape index (κ1) is 16.6. The summed E-state index contributed by atoms with van der Waals surface area (Å²) in [5.74, 6) is 1.53. The molecule has 0 amide bonds. The van der Waals surface area contributed by atoms with Gasteiger partial charge in [-0.25, -0.2) is 0 Å². The van der Waals surface area contributed by atoms with Crippen molar-refractivity contribution in [2.75, 3.05) is 5.75 Å². The summed E-state index contributed by atoms with van der Waals surface area (Å²) >= 11 is 1.57. The molecule has 0 spiro atoms. The van der Waals surface area contributed by atoms with E-state index >= 15 is 0 Å². The molecule has 1 aromatic carbocycles. The molecule has 0 saturated heterocycles. The van der Waals surface area contributed by atoms with Crippen LogP contribution in [0, 0.1) is 10.1 Å². The number of aromatic nitrogens is 3. The summed E-state index contributed by atoms with van der Waals surface area (Å²) in [7, 11) is 0. The summed E-state index contributed by atoms with van der Waals surface area (Å²) in [5.41, 5.74) is 1.84. The molecule has 116 valence electrons. The lowest BCUT2D eigenvalue weighted by atomic mass is 10.1. The van der Waals surface area contributed by atoms with Crippen LogP contribution in [0.25, 0.3) is 0 Å². The summed E-state index contributed by atoms with van der Waals surface area (Å²) < 4.78 is 1.77. The van der Waals surface area contributed by atoms with Gasteiger partial charge in [-0.15, -0.1) is 10.2 Å². The standard InChI is InChI=1S/C13H13N5O2S.BrH/c1-2-3-12-14-15-13-17(12)16-11(8-21-13)9-4-6-10(7-5-9)18(19)20;/h4-7H,2-3,8H2,1H3;1H/p-1. The first-order chi connectivity index (χ1) is 10.2. The Labute approximate surface area is 141 Å². The van der Waals surface area contributed by atoms with Crippen LogP contribution >= 0.6 is 11.8 Å². The second-order valence-corrected chi connectivity index (χ2v) is 5.54. The zero-order chi connectivity index (χ0) is 14.8. The molecular formula is C13H13BrN5O2S-. The smallest absolute Gasteiger partial charge is 0.269 e. The van der Waals surface area contributed by atoms with Crippen molar-refractivity contribution in [1.29, 1.82) is 0 Å².